The number of aryl methyl sites for hydroxylation is 1. The van der Waals surface area contributed by atoms with Crippen molar-refractivity contribution in [2.75, 3.05) is 0 Å². The number of benzene rings is 2. The van der Waals surface area contributed by atoms with E-state index in [1.54, 1.807) is 11.9 Å². The summed E-state index contributed by atoms with van der Waals surface area (Å²) in [5.74, 6) is 0.778. The first-order valence-corrected chi connectivity index (χ1v) is 9.23. The van der Waals surface area contributed by atoms with Gasteiger partial charge in [-0.3, -0.25) is 4.99 Å². The Bertz CT molecular complexity index is 1060. The minimum absolute atomic E-state index is 0.119. The predicted octanol–water partition coefficient (Wildman–Crippen LogP) is 4.98. The van der Waals surface area contributed by atoms with E-state index in [9.17, 15) is 13.2 Å². The smallest absolute Gasteiger partial charge is 0.406 e. The summed E-state index contributed by atoms with van der Waals surface area (Å²) < 4.78 is 45.8. The average Bonchev–Trinajstić information content (AvgIpc) is 3.19. The standard InChI is InChI=1S/C21H20F3N5O2/c1-14-5-4-6-16(11-14)13-29(25-3)15(2)26-12-19-27-20(28-31-19)17-7-9-18(10-8-17)30-21(22,23)24/h4-11H,3,12-13H2,1-2H3/b26-15-. The Morgan fingerprint density at radius 2 is 1.94 bits per heavy atom. The van der Waals surface area contributed by atoms with E-state index in [2.05, 4.69) is 37.8 Å². The van der Waals surface area contributed by atoms with Crippen molar-refractivity contribution in [1.29, 1.82) is 0 Å². The SMILES string of the molecule is C=NN(Cc1cccc(C)c1)/C(C)=N\Cc1nc(-c2ccc(OC(F)(F)F)cc2)no1. The topological polar surface area (TPSA) is 76.1 Å². The summed E-state index contributed by atoms with van der Waals surface area (Å²) in [6.45, 7) is 8.03. The summed E-state index contributed by atoms with van der Waals surface area (Å²) in [4.78, 5) is 8.64. The van der Waals surface area contributed by atoms with Crippen molar-refractivity contribution in [1.82, 2.24) is 15.1 Å². The maximum absolute atomic E-state index is 12.3. The largest absolute Gasteiger partial charge is 0.573 e. The van der Waals surface area contributed by atoms with Crippen molar-refractivity contribution in [2.45, 2.75) is 33.3 Å². The number of hydrazone groups is 1. The van der Waals surface area contributed by atoms with Gasteiger partial charge in [-0.2, -0.15) is 10.1 Å². The Hall–Kier alpha value is -3.69. The third-order valence-electron chi connectivity index (χ3n) is 4.22. The maximum atomic E-state index is 12.3. The lowest BCUT2D eigenvalue weighted by atomic mass is 10.1. The van der Waals surface area contributed by atoms with Crippen LogP contribution in [0.1, 0.15) is 23.9 Å². The number of nitrogens with zero attached hydrogens (tertiary/aromatic N) is 5. The van der Waals surface area contributed by atoms with Gasteiger partial charge in [-0.1, -0.05) is 35.0 Å². The molecule has 0 unspecified atom stereocenters. The molecule has 0 saturated carbocycles. The first kappa shape index (κ1) is 22.0. The maximum Gasteiger partial charge on any atom is 0.573 e. The lowest BCUT2D eigenvalue weighted by Crippen LogP contribution is -2.22. The van der Waals surface area contributed by atoms with Gasteiger partial charge >= 0.3 is 6.36 Å². The minimum atomic E-state index is -4.75. The molecule has 0 bridgehead atoms. The van der Waals surface area contributed by atoms with Crippen molar-refractivity contribution in [3.05, 3.63) is 65.5 Å². The highest BCUT2D eigenvalue weighted by molar-refractivity contribution is 5.79. The summed E-state index contributed by atoms with van der Waals surface area (Å²) in [5, 5.41) is 9.51. The molecule has 0 radical (unpaired) electrons. The highest BCUT2D eigenvalue weighted by Crippen LogP contribution is 2.25. The molecule has 10 heteroatoms. The highest BCUT2D eigenvalue weighted by Gasteiger charge is 2.31. The van der Waals surface area contributed by atoms with Gasteiger partial charge in [0.15, 0.2) is 0 Å². The van der Waals surface area contributed by atoms with Crippen LogP contribution in [0.4, 0.5) is 13.2 Å². The summed E-state index contributed by atoms with van der Waals surface area (Å²) >= 11 is 0. The molecule has 162 valence electrons. The zero-order valence-electron chi connectivity index (χ0n) is 16.9. The Labute approximate surface area is 176 Å². The molecule has 3 aromatic rings. The highest BCUT2D eigenvalue weighted by atomic mass is 19.4. The molecule has 0 spiro atoms. The molecule has 0 amide bonds. The summed E-state index contributed by atoms with van der Waals surface area (Å²) in [5.41, 5.74) is 2.70. The van der Waals surface area contributed by atoms with Crippen molar-refractivity contribution < 1.29 is 22.4 Å². The molecule has 0 atom stereocenters. The van der Waals surface area contributed by atoms with E-state index >= 15 is 0 Å². The zero-order chi connectivity index (χ0) is 22.4. The molecule has 0 fully saturated rings. The van der Waals surface area contributed by atoms with Crippen molar-refractivity contribution >= 4 is 12.6 Å². The average molecular weight is 431 g/mol. The van der Waals surface area contributed by atoms with E-state index in [0.717, 1.165) is 11.1 Å². The van der Waals surface area contributed by atoms with Crippen LogP contribution in [0.15, 0.2) is 63.1 Å². The first-order chi connectivity index (χ1) is 14.7. The van der Waals surface area contributed by atoms with Gasteiger partial charge in [0.25, 0.3) is 0 Å². The van der Waals surface area contributed by atoms with Gasteiger partial charge in [-0.15, -0.1) is 13.2 Å². The molecular formula is C21H20F3N5O2. The van der Waals surface area contributed by atoms with Crippen LogP contribution in [-0.2, 0) is 13.1 Å². The van der Waals surface area contributed by atoms with Crippen LogP contribution in [0.5, 0.6) is 5.75 Å². The molecule has 31 heavy (non-hydrogen) atoms. The fourth-order valence-electron chi connectivity index (χ4n) is 2.76. The number of halogens is 3. The molecule has 0 aliphatic carbocycles. The van der Waals surface area contributed by atoms with Crippen LogP contribution in [-0.4, -0.2) is 34.1 Å². The number of alkyl halides is 3. The second-order valence-corrected chi connectivity index (χ2v) is 6.64. The van der Waals surface area contributed by atoms with Crippen LogP contribution in [0.2, 0.25) is 0 Å². The van der Waals surface area contributed by atoms with Crippen LogP contribution in [0, 0.1) is 6.92 Å². The molecule has 0 aliphatic rings. The third kappa shape index (κ3) is 6.39. The number of aromatic nitrogens is 2. The van der Waals surface area contributed by atoms with E-state index < -0.39 is 6.36 Å². The normalized spacial score (nSPS) is 12.0. The molecule has 1 heterocycles. The fourth-order valence-corrected chi connectivity index (χ4v) is 2.76. The van der Waals surface area contributed by atoms with Crippen LogP contribution in [0.3, 0.4) is 0 Å². The van der Waals surface area contributed by atoms with E-state index in [0.29, 0.717) is 17.9 Å². The lowest BCUT2D eigenvalue weighted by molar-refractivity contribution is -0.274. The van der Waals surface area contributed by atoms with Crippen LogP contribution >= 0.6 is 0 Å². The molecular weight excluding hydrogens is 411 g/mol. The van der Waals surface area contributed by atoms with Gasteiger partial charge in [0.05, 0.1) is 6.54 Å². The molecule has 2 aromatic carbocycles. The number of rotatable bonds is 7. The third-order valence-corrected chi connectivity index (χ3v) is 4.22. The predicted molar refractivity (Wildman–Crippen MR) is 110 cm³/mol. The quantitative estimate of drug-likeness (QED) is 0.300. The number of amidine groups is 1. The molecule has 7 nitrogen and oxygen atoms in total. The molecule has 3 rings (SSSR count). The zero-order valence-corrected chi connectivity index (χ0v) is 16.9. The van der Waals surface area contributed by atoms with Crippen molar-refractivity contribution in [3.8, 4) is 17.1 Å². The molecule has 0 aliphatic heterocycles. The first-order valence-electron chi connectivity index (χ1n) is 9.23. The Balaban J connectivity index is 1.64. The fraction of sp³-hybridized carbons (Fsp3) is 0.238. The Kier molecular flexibility index (Phi) is 6.68. The molecule has 1 aromatic heterocycles. The number of aliphatic imine (C=N–C) groups is 1. The Morgan fingerprint density at radius 3 is 2.58 bits per heavy atom. The van der Waals surface area contributed by atoms with Gasteiger partial charge in [0, 0.05) is 12.3 Å². The van der Waals surface area contributed by atoms with Gasteiger partial charge in [-0.05, 0) is 43.7 Å². The van der Waals surface area contributed by atoms with Crippen molar-refractivity contribution in [3.63, 3.8) is 0 Å². The molecule has 0 N–H and O–H groups in total. The van der Waals surface area contributed by atoms with E-state index in [4.69, 9.17) is 4.52 Å². The second kappa shape index (κ2) is 9.41. The van der Waals surface area contributed by atoms with Gasteiger partial charge in [-0.25, -0.2) is 5.01 Å². The monoisotopic (exact) mass is 431 g/mol. The van der Waals surface area contributed by atoms with E-state index in [1.165, 1.54) is 24.3 Å². The minimum Gasteiger partial charge on any atom is -0.406 e. The van der Waals surface area contributed by atoms with Crippen LogP contribution < -0.4 is 4.74 Å². The number of hydrogen-bond donors (Lipinski definition) is 0. The van der Waals surface area contributed by atoms with E-state index in [-0.39, 0.29) is 24.0 Å². The van der Waals surface area contributed by atoms with Crippen molar-refractivity contribution in [2.24, 2.45) is 10.1 Å². The van der Waals surface area contributed by atoms with E-state index in [1.807, 2.05) is 25.1 Å². The lowest BCUT2D eigenvalue weighted by Gasteiger charge is -2.18. The summed E-state index contributed by atoms with van der Waals surface area (Å²) in [6, 6.07) is 13.2. The van der Waals surface area contributed by atoms with Gasteiger partial charge < -0.3 is 9.26 Å². The number of hydrogen-bond acceptors (Lipinski definition) is 6. The van der Waals surface area contributed by atoms with Gasteiger partial charge in [0.1, 0.15) is 18.1 Å². The second-order valence-electron chi connectivity index (χ2n) is 6.64. The molecule has 0 saturated heterocycles. The summed E-state index contributed by atoms with van der Waals surface area (Å²) in [7, 11) is 0. The van der Waals surface area contributed by atoms with Crippen LogP contribution in [0.25, 0.3) is 11.4 Å². The summed E-state index contributed by atoms with van der Waals surface area (Å²) in [6.07, 6.45) is -4.75. The number of ether oxygens (including phenoxy) is 1. The Morgan fingerprint density at radius 1 is 1.19 bits per heavy atom. The van der Waals surface area contributed by atoms with Gasteiger partial charge in [0.2, 0.25) is 11.7 Å².